The lowest BCUT2D eigenvalue weighted by atomic mass is 9.68. The van der Waals surface area contributed by atoms with Crippen LogP contribution in [0.4, 0.5) is 0 Å². The first kappa shape index (κ1) is 26.7. The molecule has 0 amide bonds. The van der Waals surface area contributed by atoms with E-state index in [9.17, 15) is 4.79 Å². The van der Waals surface area contributed by atoms with E-state index in [0.29, 0.717) is 5.92 Å². The molecule has 196 valence electrons. The zero-order valence-corrected chi connectivity index (χ0v) is 22.8. The van der Waals surface area contributed by atoms with Gasteiger partial charge < -0.3 is 4.74 Å². The van der Waals surface area contributed by atoms with E-state index in [2.05, 4.69) is 26.0 Å². The van der Waals surface area contributed by atoms with Gasteiger partial charge in [0.15, 0.2) is 0 Å². The zero-order valence-electron chi connectivity index (χ0n) is 22.8. The number of rotatable bonds is 10. The highest BCUT2D eigenvalue weighted by Gasteiger charge is 2.31. The molecule has 3 saturated carbocycles. The molecule has 0 unspecified atom stereocenters. The predicted octanol–water partition coefficient (Wildman–Crippen LogP) is 9.86. The Balaban J connectivity index is 1.17. The highest BCUT2D eigenvalue weighted by molar-refractivity contribution is 5.75. The highest BCUT2D eigenvalue weighted by Crippen LogP contribution is 2.44. The van der Waals surface area contributed by atoms with Crippen LogP contribution in [0.3, 0.4) is 0 Å². The van der Waals surface area contributed by atoms with Gasteiger partial charge in [-0.3, -0.25) is 4.79 Å². The molecule has 3 aliphatic rings. The van der Waals surface area contributed by atoms with Gasteiger partial charge in [-0.1, -0.05) is 77.3 Å². The lowest BCUT2D eigenvalue weighted by molar-refractivity contribution is -0.140. The number of benzene rings is 1. The van der Waals surface area contributed by atoms with Crippen LogP contribution in [-0.2, 0) is 4.79 Å². The first-order valence-corrected chi connectivity index (χ1v) is 15.5. The number of hydrogen-bond acceptors (Lipinski definition) is 2. The first-order valence-electron chi connectivity index (χ1n) is 15.5. The second kappa shape index (κ2) is 13.8. The smallest absolute Gasteiger partial charge is 0.314 e. The number of unbranched alkanes of at least 4 members (excludes halogenated alkanes) is 2. The molecule has 0 spiro atoms. The third-order valence-electron chi connectivity index (χ3n) is 9.99. The van der Waals surface area contributed by atoms with Crippen LogP contribution in [0.25, 0.3) is 0 Å². The molecule has 0 N–H and O–H groups in total. The molecule has 0 aromatic heterocycles. The lowest BCUT2D eigenvalue weighted by Gasteiger charge is -2.38. The molecule has 0 saturated heterocycles. The van der Waals surface area contributed by atoms with Gasteiger partial charge in [0.2, 0.25) is 0 Å². The Morgan fingerprint density at radius 2 is 1.26 bits per heavy atom. The number of carbonyl (C=O) groups excluding carboxylic acids is 1. The zero-order chi connectivity index (χ0) is 24.5. The van der Waals surface area contributed by atoms with E-state index < -0.39 is 0 Å². The van der Waals surface area contributed by atoms with Crippen molar-refractivity contribution in [3.8, 4) is 5.75 Å². The molecule has 0 heterocycles. The Hall–Kier alpha value is -1.31. The van der Waals surface area contributed by atoms with Crippen molar-refractivity contribution in [3.05, 3.63) is 29.8 Å². The van der Waals surface area contributed by atoms with Gasteiger partial charge in [-0.05, 0) is 111 Å². The maximum Gasteiger partial charge on any atom is 0.314 e. The van der Waals surface area contributed by atoms with Crippen LogP contribution in [0, 0.1) is 29.6 Å². The summed E-state index contributed by atoms with van der Waals surface area (Å²) in [6.07, 6.45) is 24.0. The van der Waals surface area contributed by atoms with Crippen molar-refractivity contribution in [2.45, 2.75) is 135 Å². The highest BCUT2D eigenvalue weighted by atomic mass is 16.5. The Morgan fingerprint density at radius 3 is 1.86 bits per heavy atom. The molecule has 0 aliphatic heterocycles. The van der Waals surface area contributed by atoms with Crippen LogP contribution in [0.2, 0.25) is 0 Å². The van der Waals surface area contributed by atoms with E-state index >= 15 is 0 Å². The summed E-state index contributed by atoms with van der Waals surface area (Å²) in [5, 5.41) is 0. The minimum atomic E-state index is -0.000996. The second-order valence-electron chi connectivity index (χ2n) is 12.4. The Labute approximate surface area is 216 Å². The van der Waals surface area contributed by atoms with Gasteiger partial charge in [0.25, 0.3) is 0 Å². The van der Waals surface area contributed by atoms with Crippen LogP contribution in [0.15, 0.2) is 24.3 Å². The maximum atomic E-state index is 12.7. The lowest BCUT2D eigenvalue weighted by Crippen LogP contribution is -2.26. The summed E-state index contributed by atoms with van der Waals surface area (Å²) in [7, 11) is 0. The van der Waals surface area contributed by atoms with Crippen molar-refractivity contribution in [1.82, 2.24) is 0 Å². The summed E-state index contributed by atoms with van der Waals surface area (Å²) < 4.78 is 5.81. The minimum Gasteiger partial charge on any atom is -0.426 e. The maximum absolute atomic E-state index is 12.7. The quantitative estimate of drug-likeness (QED) is 0.189. The summed E-state index contributed by atoms with van der Waals surface area (Å²) in [6.45, 7) is 4.61. The standard InChI is InChI=1S/C33H52O2/c1-3-5-6-8-26-11-15-31(16-12-26)33(34)35-32-23-21-30(22-24-32)29-19-17-28(18-20-29)27-13-9-25(7-4-2)10-14-27/h21-29,31H,3-20H2,1-2H3. The van der Waals surface area contributed by atoms with E-state index in [0.717, 1.165) is 42.3 Å². The normalized spacial score (nSPS) is 31.7. The number of hydrogen-bond donors (Lipinski definition) is 0. The van der Waals surface area contributed by atoms with Gasteiger partial charge in [0, 0.05) is 0 Å². The number of esters is 1. The minimum absolute atomic E-state index is 0.000996. The van der Waals surface area contributed by atoms with Gasteiger partial charge in [-0.2, -0.15) is 0 Å². The molecule has 1 aromatic carbocycles. The molecule has 0 bridgehead atoms. The van der Waals surface area contributed by atoms with Crippen LogP contribution in [-0.4, -0.2) is 5.97 Å². The summed E-state index contributed by atoms with van der Waals surface area (Å²) in [5.74, 6) is 5.34. The van der Waals surface area contributed by atoms with E-state index in [1.165, 1.54) is 108 Å². The average molecular weight is 481 g/mol. The predicted molar refractivity (Wildman–Crippen MR) is 147 cm³/mol. The van der Waals surface area contributed by atoms with Gasteiger partial charge >= 0.3 is 5.97 Å². The van der Waals surface area contributed by atoms with Gasteiger partial charge in [-0.15, -0.1) is 0 Å². The molecule has 35 heavy (non-hydrogen) atoms. The van der Waals surface area contributed by atoms with Gasteiger partial charge in [0.05, 0.1) is 5.92 Å². The van der Waals surface area contributed by atoms with Crippen molar-refractivity contribution in [3.63, 3.8) is 0 Å². The van der Waals surface area contributed by atoms with Crippen LogP contribution < -0.4 is 4.74 Å². The molecule has 0 radical (unpaired) electrons. The first-order chi connectivity index (χ1) is 17.2. The number of carbonyl (C=O) groups is 1. The third kappa shape index (κ3) is 7.83. The monoisotopic (exact) mass is 480 g/mol. The van der Waals surface area contributed by atoms with Crippen molar-refractivity contribution in [1.29, 1.82) is 0 Å². The summed E-state index contributed by atoms with van der Waals surface area (Å²) >= 11 is 0. The second-order valence-corrected chi connectivity index (χ2v) is 12.4. The fourth-order valence-electron chi connectivity index (χ4n) is 7.66. The number of ether oxygens (including phenoxy) is 1. The van der Waals surface area contributed by atoms with Gasteiger partial charge in [-0.25, -0.2) is 0 Å². The van der Waals surface area contributed by atoms with Gasteiger partial charge in [0.1, 0.15) is 5.75 Å². The fourth-order valence-corrected chi connectivity index (χ4v) is 7.66. The average Bonchev–Trinajstić information content (AvgIpc) is 2.90. The summed E-state index contributed by atoms with van der Waals surface area (Å²) in [5.41, 5.74) is 1.45. The molecule has 4 rings (SSSR count). The summed E-state index contributed by atoms with van der Waals surface area (Å²) in [4.78, 5) is 12.7. The molecule has 2 nitrogen and oxygen atoms in total. The topological polar surface area (TPSA) is 26.3 Å². The van der Waals surface area contributed by atoms with E-state index in [-0.39, 0.29) is 11.9 Å². The Kier molecular flexibility index (Phi) is 10.6. The van der Waals surface area contributed by atoms with E-state index in [4.69, 9.17) is 4.74 Å². The molecular formula is C33H52O2. The van der Waals surface area contributed by atoms with Crippen molar-refractivity contribution >= 4 is 5.97 Å². The Bertz CT molecular complexity index is 729. The van der Waals surface area contributed by atoms with Crippen LogP contribution in [0.1, 0.15) is 141 Å². The Morgan fingerprint density at radius 1 is 0.686 bits per heavy atom. The SMILES string of the molecule is CCCCCC1CCC(C(=O)Oc2ccc(C3CCC(C4CCC(CCC)CC4)CC3)cc2)CC1. The van der Waals surface area contributed by atoms with E-state index in [1.807, 2.05) is 12.1 Å². The van der Waals surface area contributed by atoms with Crippen molar-refractivity contribution < 1.29 is 9.53 Å². The molecule has 3 aliphatic carbocycles. The largest absolute Gasteiger partial charge is 0.426 e. The molecule has 0 atom stereocenters. The van der Waals surface area contributed by atoms with Crippen molar-refractivity contribution in [2.24, 2.45) is 29.6 Å². The van der Waals surface area contributed by atoms with E-state index in [1.54, 1.807) is 0 Å². The summed E-state index contributed by atoms with van der Waals surface area (Å²) in [6, 6.07) is 8.55. The van der Waals surface area contributed by atoms with Crippen LogP contribution >= 0.6 is 0 Å². The molecular weight excluding hydrogens is 428 g/mol. The van der Waals surface area contributed by atoms with Crippen molar-refractivity contribution in [2.75, 3.05) is 0 Å². The molecule has 3 fully saturated rings. The third-order valence-corrected chi connectivity index (χ3v) is 9.99. The molecule has 2 heteroatoms. The van der Waals surface area contributed by atoms with Crippen LogP contribution in [0.5, 0.6) is 5.75 Å². The molecule has 1 aromatic rings. The fraction of sp³-hybridized carbons (Fsp3) is 0.788.